The van der Waals surface area contributed by atoms with Gasteiger partial charge in [0.1, 0.15) is 0 Å². The number of carbonyl (C=O) groups excluding carboxylic acids is 2. The van der Waals surface area contributed by atoms with E-state index in [-0.39, 0.29) is 24.7 Å². The van der Waals surface area contributed by atoms with Gasteiger partial charge in [-0.1, -0.05) is 12.1 Å². The molecule has 0 aliphatic heterocycles. The van der Waals surface area contributed by atoms with Crippen LogP contribution in [0, 0.1) is 0 Å². The molecular formula is C10H12N2O4. The van der Waals surface area contributed by atoms with Gasteiger partial charge in [-0.15, -0.1) is 0 Å². The van der Waals surface area contributed by atoms with E-state index in [1.54, 1.807) is 12.1 Å². The molecule has 6 nitrogen and oxygen atoms in total. The van der Waals surface area contributed by atoms with Crippen LogP contribution < -0.4 is 15.8 Å². The molecule has 0 saturated heterocycles. The normalized spacial score (nSPS) is 9.50. The van der Waals surface area contributed by atoms with Crippen LogP contribution in [0.25, 0.3) is 0 Å². The quantitative estimate of drug-likeness (QED) is 0.619. The first-order valence-corrected chi connectivity index (χ1v) is 4.55. The summed E-state index contributed by atoms with van der Waals surface area (Å²) < 4.78 is 5.02. The Morgan fingerprint density at radius 2 is 2.06 bits per heavy atom. The van der Waals surface area contributed by atoms with Gasteiger partial charge in [-0.25, -0.2) is 0 Å². The number of nitrogens with two attached hydrogens (primary N) is 1. The predicted octanol–water partition coefficient (Wildman–Crippen LogP) is -0.627. The van der Waals surface area contributed by atoms with E-state index in [9.17, 15) is 14.7 Å². The highest BCUT2D eigenvalue weighted by molar-refractivity contribution is 5.84. The molecule has 4 N–H and O–H groups in total. The molecule has 0 radical (unpaired) electrons. The number of amides is 2. The van der Waals surface area contributed by atoms with Crippen molar-refractivity contribution in [3.63, 3.8) is 0 Å². The van der Waals surface area contributed by atoms with Crippen LogP contribution in [-0.2, 0) is 9.59 Å². The van der Waals surface area contributed by atoms with Crippen molar-refractivity contribution >= 4 is 11.8 Å². The van der Waals surface area contributed by atoms with Gasteiger partial charge >= 0.3 is 0 Å². The van der Waals surface area contributed by atoms with Gasteiger partial charge < -0.3 is 20.9 Å². The summed E-state index contributed by atoms with van der Waals surface area (Å²) in [4.78, 5) is 21.5. The molecule has 2 amide bonds. The average Bonchev–Trinajstić information content (AvgIpc) is 2.25. The lowest BCUT2D eigenvalue weighted by Gasteiger charge is -2.07. The van der Waals surface area contributed by atoms with Gasteiger partial charge in [0, 0.05) is 0 Å². The standard InChI is InChI=1S/C10H12N2O4/c11-9(14)5-12-10(15)6-16-8-4-2-1-3-7(8)13/h1-4,13H,5-6H2,(H2,11,14)(H,12,15). The lowest BCUT2D eigenvalue weighted by molar-refractivity contribution is -0.126. The molecule has 0 spiro atoms. The molecule has 6 heteroatoms. The van der Waals surface area contributed by atoms with E-state index in [0.717, 1.165) is 0 Å². The summed E-state index contributed by atoms with van der Waals surface area (Å²) in [6, 6.07) is 6.26. The van der Waals surface area contributed by atoms with Crippen LogP contribution >= 0.6 is 0 Å². The minimum Gasteiger partial charge on any atom is -0.504 e. The summed E-state index contributed by atoms with van der Waals surface area (Å²) in [5, 5.41) is 11.6. The zero-order valence-electron chi connectivity index (χ0n) is 8.47. The minimum absolute atomic E-state index is 0.0507. The lowest BCUT2D eigenvalue weighted by atomic mass is 10.3. The van der Waals surface area contributed by atoms with Crippen LogP contribution in [0.15, 0.2) is 24.3 Å². The second-order valence-electron chi connectivity index (χ2n) is 3.00. The first-order valence-electron chi connectivity index (χ1n) is 4.55. The Kier molecular flexibility index (Phi) is 4.14. The molecule has 0 unspecified atom stereocenters. The first-order chi connectivity index (χ1) is 7.59. The Morgan fingerprint density at radius 3 is 2.69 bits per heavy atom. The maximum Gasteiger partial charge on any atom is 0.258 e. The SMILES string of the molecule is NC(=O)CNC(=O)COc1ccccc1O. The summed E-state index contributed by atoms with van der Waals surface area (Å²) in [6.45, 7) is -0.520. The van der Waals surface area contributed by atoms with E-state index in [1.165, 1.54) is 12.1 Å². The number of phenolic OH excluding ortho intramolecular Hbond substituents is 1. The zero-order valence-corrected chi connectivity index (χ0v) is 8.47. The van der Waals surface area contributed by atoms with Crippen molar-refractivity contribution < 1.29 is 19.4 Å². The maximum absolute atomic E-state index is 11.1. The van der Waals surface area contributed by atoms with E-state index in [1.807, 2.05) is 0 Å². The number of nitrogens with one attached hydrogen (secondary N) is 1. The maximum atomic E-state index is 11.1. The molecule has 0 aromatic heterocycles. The van der Waals surface area contributed by atoms with E-state index >= 15 is 0 Å². The Hall–Kier alpha value is -2.24. The fraction of sp³-hybridized carbons (Fsp3) is 0.200. The van der Waals surface area contributed by atoms with Crippen LogP contribution in [-0.4, -0.2) is 30.1 Å². The van der Waals surface area contributed by atoms with Gasteiger partial charge in [0.25, 0.3) is 5.91 Å². The molecule has 0 heterocycles. The van der Waals surface area contributed by atoms with E-state index in [4.69, 9.17) is 10.5 Å². The number of hydrogen-bond acceptors (Lipinski definition) is 4. The number of primary amides is 1. The van der Waals surface area contributed by atoms with Crippen LogP contribution in [0.2, 0.25) is 0 Å². The molecule has 0 aliphatic carbocycles. The number of phenols is 1. The highest BCUT2D eigenvalue weighted by Crippen LogP contribution is 2.23. The van der Waals surface area contributed by atoms with Crippen molar-refractivity contribution in [2.24, 2.45) is 5.73 Å². The second kappa shape index (κ2) is 5.59. The molecule has 0 aliphatic rings. The van der Waals surface area contributed by atoms with Crippen LogP contribution in [0.5, 0.6) is 11.5 Å². The van der Waals surface area contributed by atoms with Crippen LogP contribution in [0.3, 0.4) is 0 Å². The Labute approximate surface area is 92.0 Å². The van der Waals surface area contributed by atoms with Gasteiger partial charge in [0.05, 0.1) is 6.54 Å². The topological polar surface area (TPSA) is 102 Å². The van der Waals surface area contributed by atoms with Crippen LogP contribution in [0.4, 0.5) is 0 Å². The van der Waals surface area contributed by atoms with Crippen molar-refractivity contribution in [3.8, 4) is 11.5 Å². The third kappa shape index (κ3) is 3.87. The lowest BCUT2D eigenvalue weighted by Crippen LogP contribution is -2.36. The van der Waals surface area contributed by atoms with Crippen molar-refractivity contribution in [2.45, 2.75) is 0 Å². The number of carbonyl (C=O) groups is 2. The highest BCUT2D eigenvalue weighted by atomic mass is 16.5. The minimum atomic E-state index is -0.629. The second-order valence-corrected chi connectivity index (χ2v) is 3.00. The molecule has 0 saturated carbocycles. The Bertz CT molecular complexity index is 392. The summed E-state index contributed by atoms with van der Waals surface area (Å²) in [7, 11) is 0. The number of hydrogen-bond donors (Lipinski definition) is 3. The first kappa shape index (κ1) is 11.8. The van der Waals surface area contributed by atoms with Gasteiger partial charge in [-0.3, -0.25) is 9.59 Å². The smallest absolute Gasteiger partial charge is 0.258 e. The fourth-order valence-corrected chi connectivity index (χ4v) is 0.959. The molecule has 0 fully saturated rings. The number of benzene rings is 1. The Morgan fingerprint density at radius 1 is 1.38 bits per heavy atom. The number of rotatable bonds is 5. The van der Waals surface area contributed by atoms with E-state index in [0.29, 0.717) is 0 Å². The van der Waals surface area contributed by atoms with Crippen molar-refractivity contribution in [1.82, 2.24) is 5.32 Å². The number of ether oxygens (including phenoxy) is 1. The number of aromatic hydroxyl groups is 1. The largest absolute Gasteiger partial charge is 0.504 e. The summed E-state index contributed by atoms with van der Waals surface area (Å²) in [5.41, 5.74) is 4.84. The van der Waals surface area contributed by atoms with Crippen molar-refractivity contribution in [3.05, 3.63) is 24.3 Å². The monoisotopic (exact) mass is 224 g/mol. The summed E-state index contributed by atoms with van der Waals surface area (Å²) in [6.07, 6.45) is 0. The molecular weight excluding hydrogens is 212 g/mol. The van der Waals surface area contributed by atoms with E-state index < -0.39 is 11.8 Å². The van der Waals surface area contributed by atoms with Crippen LogP contribution in [0.1, 0.15) is 0 Å². The molecule has 1 aromatic rings. The molecule has 16 heavy (non-hydrogen) atoms. The van der Waals surface area contributed by atoms with Gasteiger partial charge in [0.15, 0.2) is 18.1 Å². The highest BCUT2D eigenvalue weighted by Gasteiger charge is 2.05. The van der Waals surface area contributed by atoms with Crippen molar-refractivity contribution in [1.29, 1.82) is 0 Å². The molecule has 1 aromatic carbocycles. The molecule has 86 valence electrons. The van der Waals surface area contributed by atoms with Gasteiger partial charge in [-0.05, 0) is 12.1 Å². The third-order valence-electron chi connectivity index (χ3n) is 1.68. The van der Waals surface area contributed by atoms with E-state index in [2.05, 4.69) is 5.32 Å². The van der Waals surface area contributed by atoms with Gasteiger partial charge in [-0.2, -0.15) is 0 Å². The average molecular weight is 224 g/mol. The van der Waals surface area contributed by atoms with Gasteiger partial charge in [0.2, 0.25) is 5.91 Å². The Balaban J connectivity index is 2.37. The third-order valence-corrected chi connectivity index (χ3v) is 1.68. The fourth-order valence-electron chi connectivity index (χ4n) is 0.959. The van der Waals surface area contributed by atoms with Crippen molar-refractivity contribution in [2.75, 3.05) is 13.2 Å². The number of para-hydroxylation sites is 2. The molecule has 1 rings (SSSR count). The predicted molar refractivity (Wildman–Crippen MR) is 55.8 cm³/mol. The zero-order chi connectivity index (χ0) is 12.0. The summed E-state index contributed by atoms with van der Waals surface area (Å²) >= 11 is 0. The molecule has 0 atom stereocenters. The summed E-state index contributed by atoms with van der Waals surface area (Å²) in [5.74, 6) is -0.958. The molecule has 0 bridgehead atoms.